The van der Waals surface area contributed by atoms with Gasteiger partial charge in [-0.25, -0.2) is 14.8 Å². The summed E-state index contributed by atoms with van der Waals surface area (Å²) in [6, 6.07) is 19.9. The Morgan fingerprint density at radius 3 is 1.88 bits per heavy atom. The Labute approximate surface area is 313 Å². The molecule has 12 heteroatoms. The van der Waals surface area contributed by atoms with Gasteiger partial charge in [0.25, 0.3) is 0 Å². The van der Waals surface area contributed by atoms with Crippen molar-refractivity contribution in [3.05, 3.63) is 81.8 Å². The third-order valence-electron chi connectivity index (χ3n) is 11.0. The van der Waals surface area contributed by atoms with E-state index in [9.17, 15) is 9.59 Å². The first-order valence-electron chi connectivity index (χ1n) is 17.8. The molecule has 270 valence electrons. The van der Waals surface area contributed by atoms with Crippen LogP contribution in [0.5, 0.6) is 11.8 Å². The number of pyridine rings is 2. The van der Waals surface area contributed by atoms with Crippen LogP contribution in [0.4, 0.5) is 4.79 Å². The van der Waals surface area contributed by atoms with E-state index in [0.717, 1.165) is 78.9 Å². The Morgan fingerprint density at radius 2 is 1.37 bits per heavy atom. The number of methoxy groups -OCH3 is 2. The van der Waals surface area contributed by atoms with Crippen LogP contribution >= 0.6 is 23.2 Å². The van der Waals surface area contributed by atoms with Crippen molar-refractivity contribution in [3.63, 3.8) is 0 Å². The Balaban J connectivity index is 1.00. The summed E-state index contributed by atoms with van der Waals surface area (Å²) in [6.45, 7) is 6.01. The second-order valence-electron chi connectivity index (χ2n) is 14.4. The van der Waals surface area contributed by atoms with E-state index < -0.39 is 0 Å². The number of halogens is 2. The molecule has 8 rings (SSSR count). The molecule has 1 aliphatic carbocycles. The number of rotatable bonds is 10. The zero-order valence-corrected chi connectivity index (χ0v) is 30.9. The van der Waals surface area contributed by atoms with Gasteiger partial charge in [-0.05, 0) is 25.0 Å². The van der Waals surface area contributed by atoms with E-state index >= 15 is 0 Å². The van der Waals surface area contributed by atoms with Crippen molar-refractivity contribution in [3.8, 4) is 45.4 Å². The average molecular weight is 743 g/mol. The van der Waals surface area contributed by atoms with Crippen molar-refractivity contribution < 1.29 is 23.8 Å². The fourth-order valence-electron chi connectivity index (χ4n) is 8.42. The van der Waals surface area contributed by atoms with E-state index in [1.807, 2.05) is 59.5 Å². The molecule has 2 aromatic heterocycles. The van der Waals surface area contributed by atoms with Gasteiger partial charge in [-0.1, -0.05) is 71.7 Å². The normalized spacial score (nSPS) is 20.1. The van der Waals surface area contributed by atoms with E-state index in [0.29, 0.717) is 71.5 Å². The number of carbonyl (C=O) groups excluding carboxylic acids is 2. The van der Waals surface area contributed by atoms with Crippen molar-refractivity contribution in [2.24, 2.45) is 5.41 Å². The lowest BCUT2D eigenvalue weighted by Gasteiger charge is -2.48. The van der Waals surface area contributed by atoms with Gasteiger partial charge in [0, 0.05) is 96.9 Å². The molecule has 5 heterocycles. The number of hydrogen-bond donors (Lipinski definition) is 0. The highest BCUT2D eigenvalue weighted by molar-refractivity contribution is 6.39. The maximum atomic E-state index is 12.1. The minimum Gasteiger partial charge on any atom is -0.481 e. The number of Topliss-reactive ketones (excluding diaryl/α,β-unsaturated/α-hetero) is 1. The van der Waals surface area contributed by atoms with Gasteiger partial charge in [0.15, 0.2) is 0 Å². The molecule has 0 N–H and O–H groups in total. The lowest BCUT2D eigenvalue weighted by atomic mass is 9.78. The third kappa shape index (κ3) is 6.62. The van der Waals surface area contributed by atoms with Gasteiger partial charge in [-0.3, -0.25) is 14.6 Å². The molecule has 1 saturated carbocycles. The molecule has 4 aliphatic rings. The highest BCUT2D eigenvalue weighted by Crippen LogP contribution is 2.45. The number of cyclic esters (lactones) is 1. The van der Waals surface area contributed by atoms with E-state index in [1.54, 1.807) is 14.2 Å². The number of ketones is 1. The van der Waals surface area contributed by atoms with Gasteiger partial charge in [0.2, 0.25) is 11.8 Å². The molecule has 2 aromatic carbocycles. The van der Waals surface area contributed by atoms with E-state index in [1.165, 1.54) is 0 Å². The molecule has 1 spiro atoms. The van der Waals surface area contributed by atoms with Crippen LogP contribution in [0.3, 0.4) is 0 Å². The summed E-state index contributed by atoms with van der Waals surface area (Å²) in [5.74, 6) is 1.49. The van der Waals surface area contributed by atoms with Crippen LogP contribution in [-0.4, -0.2) is 96.1 Å². The lowest BCUT2D eigenvalue weighted by Crippen LogP contribution is -2.54. The highest BCUT2D eigenvalue weighted by atomic mass is 35.5. The largest absolute Gasteiger partial charge is 0.481 e. The smallest absolute Gasteiger partial charge is 0.410 e. The number of carbonyl (C=O) groups is 2. The Morgan fingerprint density at radius 1 is 0.788 bits per heavy atom. The van der Waals surface area contributed by atoms with Crippen LogP contribution in [0.25, 0.3) is 33.6 Å². The minimum atomic E-state index is -0.218. The summed E-state index contributed by atoms with van der Waals surface area (Å²) in [5, 5.41) is 1.06. The summed E-state index contributed by atoms with van der Waals surface area (Å²) in [7, 11) is 3.26. The van der Waals surface area contributed by atoms with Crippen molar-refractivity contribution in [1.29, 1.82) is 0 Å². The number of benzene rings is 2. The van der Waals surface area contributed by atoms with Gasteiger partial charge in [0.1, 0.15) is 12.4 Å². The second kappa shape index (κ2) is 14.3. The first-order valence-corrected chi connectivity index (χ1v) is 18.6. The van der Waals surface area contributed by atoms with Gasteiger partial charge in [-0.15, -0.1) is 0 Å². The molecule has 1 atom stereocenters. The molecule has 0 radical (unpaired) electrons. The zero-order chi connectivity index (χ0) is 36.0. The van der Waals surface area contributed by atoms with Crippen molar-refractivity contribution >= 4 is 35.1 Å². The highest BCUT2D eigenvalue weighted by Gasteiger charge is 2.47. The molecule has 4 aromatic rings. The monoisotopic (exact) mass is 741 g/mol. The standard InChI is InChI=1S/C40H41Cl2N5O5/c1-50-37-25(20-45-16-14-27(22-45)47-17-18-52-39(47)49)9-11-33(43-37)31-7-3-5-29(35(31)41)30-6-4-8-32(36(30)42)34-12-10-26(38(44-34)51-2)21-46-23-40(24-46)15-13-28(48)19-40/h3-12,27H,13-24H2,1-2H3. The quantitative estimate of drug-likeness (QED) is 0.165. The fourth-order valence-corrected chi connectivity index (χ4v) is 9.07. The molecule has 1 amide bonds. The topological polar surface area (TPSA) is 97.3 Å². The number of aromatic nitrogens is 2. The summed E-state index contributed by atoms with van der Waals surface area (Å²) in [5.41, 5.74) is 6.61. The Bertz CT molecular complexity index is 2040. The van der Waals surface area contributed by atoms with Gasteiger partial charge >= 0.3 is 6.09 Å². The minimum absolute atomic E-state index is 0.159. The molecular formula is C40H41Cl2N5O5. The first-order chi connectivity index (χ1) is 25.2. The molecule has 3 aliphatic heterocycles. The molecule has 4 fully saturated rings. The van der Waals surface area contributed by atoms with Gasteiger partial charge < -0.3 is 19.1 Å². The lowest BCUT2D eigenvalue weighted by molar-refractivity contribution is -0.119. The first kappa shape index (κ1) is 34.8. The fraction of sp³-hybridized carbons (Fsp3) is 0.400. The Hall–Kier alpha value is -4.22. The van der Waals surface area contributed by atoms with E-state index in [4.69, 9.17) is 47.4 Å². The van der Waals surface area contributed by atoms with Crippen LogP contribution in [0, 0.1) is 5.41 Å². The van der Waals surface area contributed by atoms with Crippen molar-refractivity contribution in [2.45, 2.75) is 44.8 Å². The van der Waals surface area contributed by atoms with Crippen LogP contribution in [0.2, 0.25) is 10.0 Å². The number of likely N-dealkylation sites (tertiary alicyclic amines) is 2. The summed E-state index contributed by atoms with van der Waals surface area (Å²) in [6.07, 6.45) is 3.11. The van der Waals surface area contributed by atoms with Crippen LogP contribution in [0.1, 0.15) is 36.8 Å². The number of amides is 1. The maximum absolute atomic E-state index is 12.1. The predicted octanol–water partition coefficient (Wildman–Crippen LogP) is 7.38. The van der Waals surface area contributed by atoms with E-state index in [2.05, 4.69) is 15.9 Å². The Kier molecular flexibility index (Phi) is 9.59. The predicted molar refractivity (Wildman–Crippen MR) is 200 cm³/mol. The second-order valence-corrected chi connectivity index (χ2v) is 15.2. The van der Waals surface area contributed by atoms with Crippen LogP contribution in [0.15, 0.2) is 60.7 Å². The molecule has 52 heavy (non-hydrogen) atoms. The average Bonchev–Trinajstić information content (AvgIpc) is 3.89. The summed E-state index contributed by atoms with van der Waals surface area (Å²) < 4.78 is 16.7. The number of nitrogens with zero attached hydrogens (tertiary/aromatic N) is 5. The van der Waals surface area contributed by atoms with E-state index in [-0.39, 0.29) is 17.6 Å². The molecule has 1 unspecified atom stereocenters. The molecule has 10 nitrogen and oxygen atoms in total. The summed E-state index contributed by atoms with van der Waals surface area (Å²) in [4.78, 5) is 40.2. The maximum Gasteiger partial charge on any atom is 0.410 e. The van der Waals surface area contributed by atoms with Gasteiger partial charge in [0.05, 0.1) is 42.2 Å². The van der Waals surface area contributed by atoms with Crippen molar-refractivity contribution in [2.75, 3.05) is 53.6 Å². The van der Waals surface area contributed by atoms with Crippen LogP contribution in [-0.2, 0) is 22.6 Å². The number of ether oxygens (including phenoxy) is 3. The summed E-state index contributed by atoms with van der Waals surface area (Å²) >= 11 is 14.3. The van der Waals surface area contributed by atoms with Gasteiger partial charge in [-0.2, -0.15) is 0 Å². The molecule has 0 bridgehead atoms. The molecular weight excluding hydrogens is 701 g/mol. The molecule has 3 saturated heterocycles. The SMILES string of the molecule is COc1nc(-c2cccc(-c3cccc(-c4ccc(CN5CC6(CCC(=O)C6)C5)c(OC)n4)c3Cl)c2Cl)ccc1CN1CCC(N2CCOC2=O)C1. The number of hydrogen-bond acceptors (Lipinski definition) is 9. The third-order valence-corrected chi connectivity index (χ3v) is 11.8. The zero-order valence-electron chi connectivity index (χ0n) is 29.4. The van der Waals surface area contributed by atoms with Crippen molar-refractivity contribution in [1.82, 2.24) is 24.7 Å². The van der Waals surface area contributed by atoms with Crippen LogP contribution < -0.4 is 9.47 Å².